The van der Waals surface area contributed by atoms with Crippen LogP contribution < -0.4 is 10.3 Å². The van der Waals surface area contributed by atoms with E-state index < -0.39 is 4.92 Å². The molecule has 0 radical (unpaired) electrons. The molecule has 1 N–H and O–H groups in total. The van der Waals surface area contributed by atoms with Gasteiger partial charge in [-0.3, -0.25) is 15.5 Å². The van der Waals surface area contributed by atoms with Crippen LogP contribution in [0, 0.1) is 21.4 Å². The van der Waals surface area contributed by atoms with E-state index in [9.17, 15) is 10.1 Å². The molecule has 2 aromatic carbocycles. The molecule has 1 aliphatic rings. The van der Waals surface area contributed by atoms with Crippen molar-refractivity contribution in [3.05, 3.63) is 64.2 Å². The first kappa shape index (κ1) is 14.3. The SMILES string of the molecule is N#Cc1ccc(N2C=NN(Nc3ccc([N+](=O)[O-])cc3)C2)cc1. The number of hydrazine groups is 1. The number of hydrogen-bond donors (Lipinski definition) is 1. The smallest absolute Gasteiger partial charge is 0.269 e. The Kier molecular flexibility index (Phi) is 3.76. The summed E-state index contributed by atoms with van der Waals surface area (Å²) in [6.07, 6.45) is 1.67. The zero-order chi connectivity index (χ0) is 16.2. The van der Waals surface area contributed by atoms with E-state index in [1.807, 2.05) is 17.0 Å². The molecule has 0 bridgehead atoms. The Bertz CT molecular complexity index is 779. The fraction of sp³-hybridized carbons (Fsp3) is 0.0667. The summed E-state index contributed by atoms with van der Waals surface area (Å²) in [5.41, 5.74) is 5.31. The number of non-ortho nitro benzene ring substituents is 1. The average molecular weight is 308 g/mol. The molecule has 3 rings (SSSR count). The second-order valence-corrected chi connectivity index (χ2v) is 4.82. The third-order valence-corrected chi connectivity index (χ3v) is 3.28. The van der Waals surface area contributed by atoms with Gasteiger partial charge in [-0.1, -0.05) is 0 Å². The maximum Gasteiger partial charge on any atom is 0.269 e. The van der Waals surface area contributed by atoms with Crippen LogP contribution in [0.1, 0.15) is 5.56 Å². The van der Waals surface area contributed by atoms with Gasteiger partial charge >= 0.3 is 0 Å². The molecule has 0 saturated carbocycles. The van der Waals surface area contributed by atoms with Crippen LogP contribution in [0.25, 0.3) is 0 Å². The van der Waals surface area contributed by atoms with Crippen LogP contribution >= 0.6 is 0 Å². The first-order chi connectivity index (χ1) is 11.2. The summed E-state index contributed by atoms with van der Waals surface area (Å²) in [6, 6.07) is 15.4. The molecule has 0 fully saturated rings. The van der Waals surface area contributed by atoms with Crippen LogP contribution in [0.3, 0.4) is 0 Å². The highest BCUT2D eigenvalue weighted by Gasteiger charge is 2.15. The third-order valence-electron chi connectivity index (χ3n) is 3.28. The van der Waals surface area contributed by atoms with E-state index >= 15 is 0 Å². The van der Waals surface area contributed by atoms with Crippen LogP contribution in [0.5, 0.6) is 0 Å². The van der Waals surface area contributed by atoms with Crippen LogP contribution in [0.15, 0.2) is 53.6 Å². The normalized spacial score (nSPS) is 13.0. The number of hydrazone groups is 1. The minimum atomic E-state index is -0.440. The summed E-state index contributed by atoms with van der Waals surface area (Å²) in [5, 5.41) is 25.3. The van der Waals surface area contributed by atoms with Crippen molar-refractivity contribution in [2.24, 2.45) is 5.10 Å². The predicted molar refractivity (Wildman–Crippen MR) is 85.6 cm³/mol. The number of hydrogen-bond acceptors (Lipinski definition) is 7. The summed E-state index contributed by atoms with van der Waals surface area (Å²) in [4.78, 5) is 12.1. The molecule has 0 aromatic heterocycles. The second kappa shape index (κ2) is 6.03. The second-order valence-electron chi connectivity index (χ2n) is 4.82. The molecular formula is C15H12N6O2. The summed E-state index contributed by atoms with van der Waals surface area (Å²) >= 11 is 0. The van der Waals surface area contributed by atoms with Gasteiger partial charge in [0.25, 0.3) is 5.69 Å². The van der Waals surface area contributed by atoms with Crippen molar-refractivity contribution in [3.8, 4) is 6.07 Å². The van der Waals surface area contributed by atoms with Gasteiger partial charge in [-0.25, -0.2) is 0 Å². The Morgan fingerprint density at radius 3 is 2.48 bits per heavy atom. The number of benzene rings is 2. The molecule has 23 heavy (non-hydrogen) atoms. The van der Waals surface area contributed by atoms with Gasteiger partial charge < -0.3 is 4.90 Å². The van der Waals surface area contributed by atoms with Gasteiger partial charge in [0.2, 0.25) is 0 Å². The Morgan fingerprint density at radius 1 is 1.17 bits per heavy atom. The van der Waals surface area contributed by atoms with Crippen LogP contribution in [-0.4, -0.2) is 23.0 Å². The molecule has 0 aliphatic carbocycles. The maximum absolute atomic E-state index is 10.6. The lowest BCUT2D eigenvalue weighted by molar-refractivity contribution is -0.384. The number of nitriles is 1. The van der Waals surface area contributed by atoms with Gasteiger partial charge in [0.1, 0.15) is 13.0 Å². The summed E-state index contributed by atoms with van der Waals surface area (Å²) in [6.45, 7) is 0.475. The number of nitrogens with one attached hydrogen (secondary N) is 1. The van der Waals surface area contributed by atoms with Crippen LogP contribution in [-0.2, 0) is 0 Å². The van der Waals surface area contributed by atoms with E-state index in [4.69, 9.17) is 5.26 Å². The molecule has 8 nitrogen and oxygen atoms in total. The highest BCUT2D eigenvalue weighted by atomic mass is 16.6. The topological polar surface area (TPSA) is 97.8 Å². The van der Waals surface area contributed by atoms with Gasteiger partial charge in [-0.15, -0.1) is 5.10 Å². The fourth-order valence-corrected chi connectivity index (χ4v) is 2.09. The minimum absolute atomic E-state index is 0.0414. The van der Waals surface area contributed by atoms with Crippen molar-refractivity contribution in [1.29, 1.82) is 5.26 Å². The van der Waals surface area contributed by atoms with E-state index in [1.165, 1.54) is 12.1 Å². The molecule has 0 atom stereocenters. The molecule has 1 heterocycles. The number of nitrogens with zero attached hydrogens (tertiary/aromatic N) is 5. The average Bonchev–Trinajstić information content (AvgIpc) is 3.04. The highest BCUT2D eigenvalue weighted by molar-refractivity contribution is 5.80. The minimum Gasteiger partial charge on any atom is -0.309 e. The quantitative estimate of drug-likeness (QED) is 0.688. The molecule has 0 spiro atoms. The number of nitro benzene ring substituents is 1. The lowest BCUT2D eigenvalue weighted by Crippen LogP contribution is -2.30. The summed E-state index contributed by atoms with van der Waals surface area (Å²) in [5.74, 6) is 0. The Balaban J connectivity index is 1.62. The monoisotopic (exact) mass is 308 g/mol. The zero-order valence-corrected chi connectivity index (χ0v) is 12.0. The van der Waals surface area contributed by atoms with Gasteiger partial charge in [-0.05, 0) is 36.4 Å². The Morgan fingerprint density at radius 2 is 1.87 bits per heavy atom. The molecule has 0 unspecified atom stereocenters. The van der Waals surface area contributed by atoms with Crippen LogP contribution in [0.4, 0.5) is 17.1 Å². The van der Waals surface area contributed by atoms with E-state index in [1.54, 1.807) is 35.7 Å². The molecule has 1 aliphatic heterocycles. The van der Waals surface area contributed by atoms with Gasteiger partial charge in [-0.2, -0.15) is 10.4 Å². The summed E-state index contributed by atoms with van der Waals surface area (Å²) < 4.78 is 0. The van der Waals surface area contributed by atoms with Crippen molar-refractivity contribution in [3.63, 3.8) is 0 Å². The van der Waals surface area contributed by atoms with Crippen molar-refractivity contribution in [1.82, 2.24) is 5.12 Å². The molecule has 0 saturated heterocycles. The standard InChI is InChI=1S/C15H12N6O2/c16-9-12-1-5-14(6-2-12)19-10-17-20(11-19)18-13-3-7-15(8-4-13)21(22)23/h1-8,10,18H,11H2. The molecule has 8 heteroatoms. The highest BCUT2D eigenvalue weighted by Crippen LogP contribution is 2.20. The lowest BCUT2D eigenvalue weighted by atomic mass is 10.2. The Labute approximate surface area is 132 Å². The lowest BCUT2D eigenvalue weighted by Gasteiger charge is -2.20. The third kappa shape index (κ3) is 3.19. The molecule has 2 aromatic rings. The fourth-order valence-electron chi connectivity index (χ4n) is 2.09. The first-order valence-corrected chi connectivity index (χ1v) is 6.75. The maximum atomic E-state index is 10.6. The van der Waals surface area contributed by atoms with E-state index in [0.717, 1.165) is 5.69 Å². The van der Waals surface area contributed by atoms with Crippen LogP contribution in [0.2, 0.25) is 0 Å². The number of rotatable bonds is 4. The van der Waals surface area contributed by atoms with Crippen molar-refractivity contribution < 1.29 is 4.92 Å². The molecule has 114 valence electrons. The first-order valence-electron chi connectivity index (χ1n) is 6.75. The van der Waals surface area contributed by atoms with Crippen molar-refractivity contribution in [2.45, 2.75) is 0 Å². The van der Waals surface area contributed by atoms with E-state index in [2.05, 4.69) is 16.6 Å². The largest absolute Gasteiger partial charge is 0.309 e. The molecular weight excluding hydrogens is 296 g/mol. The van der Waals surface area contributed by atoms with Gasteiger partial charge in [0.15, 0.2) is 0 Å². The number of anilines is 2. The van der Waals surface area contributed by atoms with Crippen molar-refractivity contribution in [2.75, 3.05) is 17.0 Å². The Hall–Kier alpha value is -3.60. The van der Waals surface area contributed by atoms with E-state index in [0.29, 0.717) is 17.9 Å². The molecule has 0 amide bonds. The van der Waals surface area contributed by atoms with E-state index in [-0.39, 0.29) is 5.69 Å². The van der Waals surface area contributed by atoms with Gasteiger partial charge in [0.05, 0.1) is 22.2 Å². The predicted octanol–water partition coefficient (Wildman–Crippen LogP) is 2.52. The summed E-state index contributed by atoms with van der Waals surface area (Å²) in [7, 11) is 0. The zero-order valence-electron chi connectivity index (χ0n) is 12.0. The van der Waals surface area contributed by atoms with Crippen molar-refractivity contribution >= 4 is 23.4 Å². The van der Waals surface area contributed by atoms with Gasteiger partial charge in [0, 0.05) is 17.8 Å². The number of nitro groups is 1.